The number of aromatic nitrogens is 4. The molecule has 2 aromatic heterocycles. The van der Waals surface area contributed by atoms with Gasteiger partial charge in [0.1, 0.15) is 0 Å². The molecule has 0 amide bonds. The third-order valence-corrected chi connectivity index (χ3v) is 3.62. The number of rotatable bonds is 6. The van der Waals surface area contributed by atoms with Crippen LogP contribution in [0.4, 0.5) is 0 Å². The zero-order valence-corrected chi connectivity index (χ0v) is 11.4. The smallest absolute Gasteiger partial charge is 0.0868 e. The Hall–Kier alpha value is -1.31. The molecular weight excluding hydrogens is 248 g/mol. The number of hydrazine groups is 1. The molecule has 18 heavy (non-hydrogen) atoms. The average molecular weight is 266 g/mol. The summed E-state index contributed by atoms with van der Waals surface area (Å²) in [5, 5.41) is 8.44. The van der Waals surface area contributed by atoms with Crippen LogP contribution in [0, 0.1) is 0 Å². The third kappa shape index (κ3) is 2.58. The Morgan fingerprint density at radius 1 is 1.50 bits per heavy atom. The van der Waals surface area contributed by atoms with Crippen LogP contribution in [-0.2, 0) is 13.0 Å². The molecule has 0 radical (unpaired) electrons. The Kier molecular flexibility index (Phi) is 4.40. The van der Waals surface area contributed by atoms with Crippen molar-refractivity contribution in [2.24, 2.45) is 5.84 Å². The summed E-state index contributed by atoms with van der Waals surface area (Å²) in [6.07, 6.45) is 5.78. The van der Waals surface area contributed by atoms with Gasteiger partial charge in [-0.15, -0.1) is 5.10 Å². The number of hydrogen-bond donors (Lipinski definition) is 2. The van der Waals surface area contributed by atoms with Crippen molar-refractivity contribution in [1.29, 1.82) is 0 Å². The Balaban J connectivity index is 2.27. The monoisotopic (exact) mass is 266 g/mol. The predicted molar refractivity (Wildman–Crippen MR) is 71.0 cm³/mol. The highest BCUT2D eigenvalue weighted by molar-refractivity contribution is 7.05. The van der Waals surface area contributed by atoms with Gasteiger partial charge in [-0.25, -0.2) is 5.43 Å². The van der Waals surface area contributed by atoms with Crippen LogP contribution in [0.1, 0.15) is 42.4 Å². The zero-order chi connectivity index (χ0) is 13.0. The van der Waals surface area contributed by atoms with E-state index in [-0.39, 0.29) is 6.04 Å². The van der Waals surface area contributed by atoms with E-state index in [1.54, 1.807) is 0 Å². The molecule has 0 bridgehead atoms. The number of nitrogens with two attached hydrogens (primary N) is 1. The summed E-state index contributed by atoms with van der Waals surface area (Å²) in [7, 11) is 0. The molecule has 0 fully saturated rings. The maximum atomic E-state index is 5.67. The normalized spacial score (nSPS) is 12.8. The molecule has 2 rings (SSSR count). The fraction of sp³-hybridized carbons (Fsp3) is 0.545. The molecule has 0 spiro atoms. The van der Waals surface area contributed by atoms with Gasteiger partial charge in [0.05, 0.1) is 22.8 Å². The van der Waals surface area contributed by atoms with E-state index >= 15 is 0 Å². The van der Waals surface area contributed by atoms with Crippen LogP contribution in [0.5, 0.6) is 0 Å². The summed E-state index contributed by atoms with van der Waals surface area (Å²) in [6, 6.07) is -0.0782. The molecule has 0 aliphatic carbocycles. The summed E-state index contributed by atoms with van der Waals surface area (Å²) in [5.74, 6) is 5.67. The second-order valence-corrected chi connectivity index (χ2v) is 4.86. The van der Waals surface area contributed by atoms with Gasteiger partial charge in [0.25, 0.3) is 0 Å². The molecule has 98 valence electrons. The van der Waals surface area contributed by atoms with E-state index in [4.69, 9.17) is 5.84 Å². The fourth-order valence-corrected chi connectivity index (χ4v) is 2.71. The fourth-order valence-electron chi connectivity index (χ4n) is 1.88. The van der Waals surface area contributed by atoms with Gasteiger partial charge in [0, 0.05) is 18.3 Å². The molecule has 0 saturated carbocycles. The van der Waals surface area contributed by atoms with Gasteiger partial charge in [0.2, 0.25) is 0 Å². The van der Waals surface area contributed by atoms with Crippen LogP contribution in [-0.4, -0.2) is 19.4 Å². The first kappa shape index (κ1) is 13.1. The van der Waals surface area contributed by atoms with Crippen molar-refractivity contribution in [2.45, 2.75) is 39.3 Å². The van der Waals surface area contributed by atoms with E-state index in [1.807, 2.05) is 17.1 Å². The zero-order valence-electron chi connectivity index (χ0n) is 10.6. The average Bonchev–Trinajstić information content (AvgIpc) is 3.00. The Bertz CT molecular complexity index is 491. The first-order chi connectivity index (χ1) is 8.80. The van der Waals surface area contributed by atoms with E-state index in [0.29, 0.717) is 0 Å². The second kappa shape index (κ2) is 6.03. The topological polar surface area (TPSA) is 81.7 Å². The second-order valence-electron chi connectivity index (χ2n) is 4.07. The maximum Gasteiger partial charge on any atom is 0.0868 e. The number of hydrogen-bond acceptors (Lipinski definition) is 6. The van der Waals surface area contributed by atoms with Crippen LogP contribution in [0.15, 0.2) is 12.4 Å². The molecule has 3 N–H and O–H groups in total. The van der Waals surface area contributed by atoms with Gasteiger partial charge in [-0.05, 0) is 24.4 Å². The van der Waals surface area contributed by atoms with E-state index < -0.39 is 0 Å². The van der Waals surface area contributed by atoms with Gasteiger partial charge < -0.3 is 0 Å². The SMILES string of the molecule is CCCn1cc(C(NN)c2snnc2CC)cn1. The van der Waals surface area contributed by atoms with Crippen molar-refractivity contribution >= 4 is 11.5 Å². The molecule has 0 saturated heterocycles. The van der Waals surface area contributed by atoms with Crippen molar-refractivity contribution < 1.29 is 0 Å². The summed E-state index contributed by atoms with van der Waals surface area (Å²) in [5.41, 5.74) is 4.87. The molecule has 1 unspecified atom stereocenters. The molecule has 2 aromatic rings. The summed E-state index contributed by atoms with van der Waals surface area (Å²) in [6.45, 7) is 5.11. The number of nitrogens with zero attached hydrogens (tertiary/aromatic N) is 4. The number of aryl methyl sites for hydroxylation is 2. The third-order valence-electron chi connectivity index (χ3n) is 2.79. The van der Waals surface area contributed by atoms with E-state index in [0.717, 1.165) is 35.5 Å². The first-order valence-electron chi connectivity index (χ1n) is 6.09. The van der Waals surface area contributed by atoms with E-state index in [9.17, 15) is 0 Å². The van der Waals surface area contributed by atoms with E-state index in [1.165, 1.54) is 11.5 Å². The lowest BCUT2D eigenvalue weighted by molar-refractivity contribution is 0.598. The van der Waals surface area contributed by atoms with Crippen LogP contribution in [0.2, 0.25) is 0 Å². The van der Waals surface area contributed by atoms with Gasteiger partial charge in [-0.3, -0.25) is 10.5 Å². The summed E-state index contributed by atoms with van der Waals surface area (Å²) < 4.78 is 5.93. The molecule has 0 aromatic carbocycles. The molecular formula is C11H18N6S. The minimum atomic E-state index is -0.0782. The Morgan fingerprint density at radius 3 is 3.00 bits per heavy atom. The van der Waals surface area contributed by atoms with Crippen molar-refractivity contribution in [2.75, 3.05) is 0 Å². The molecule has 7 heteroatoms. The largest absolute Gasteiger partial charge is 0.272 e. The van der Waals surface area contributed by atoms with Crippen molar-refractivity contribution in [1.82, 2.24) is 24.8 Å². The molecule has 0 aliphatic rings. The summed E-state index contributed by atoms with van der Waals surface area (Å²) >= 11 is 1.38. The van der Waals surface area contributed by atoms with Gasteiger partial charge in [0.15, 0.2) is 0 Å². The summed E-state index contributed by atoms with van der Waals surface area (Å²) in [4.78, 5) is 1.07. The lowest BCUT2D eigenvalue weighted by atomic mass is 10.1. The van der Waals surface area contributed by atoms with Crippen molar-refractivity contribution in [3.05, 3.63) is 28.5 Å². The van der Waals surface area contributed by atoms with Gasteiger partial charge in [-0.2, -0.15) is 5.10 Å². The van der Waals surface area contributed by atoms with Crippen molar-refractivity contribution in [3.8, 4) is 0 Å². The Labute approximate surface area is 110 Å². The minimum Gasteiger partial charge on any atom is -0.272 e. The van der Waals surface area contributed by atoms with Gasteiger partial charge in [-0.1, -0.05) is 18.3 Å². The van der Waals surface area contributed by atoms with E-state index in [2.05, 4.69) is 34.0 Å². The van der Waals surface area contributed by atoms with Gasteiger partial charge >= 0.3 is 0 Å². The quantitative estimate of drug-likeness (QED) is 0.607. The molecule has 0 aliphatic heterocycles. The standard InChI is InChI=1S/C11H18N6S/c1-3-5-17-7-8(6-13-17)10(14-12)11-9(4-2)15-16-18-11/h6-7,10,14H,3-5,12H2,1-2H3. The lowest BCUT2D eigenvalue weighted by Gasteiger charge is -2.12. The molecule has 1 atom stereocenters. The highest BCUT2D eigenvalue weighted by Crippen LogP contribution is 2.26. The highest BCUT2D eigenvalue weighted by atomic mass is 32.1. The first-order valence-corrected chi connectivity index (χ1v) is 6.87. The highest BCUT2D eigenvalue weighted by Gasteiger charge is 2.20. The predicted octanol–water partition coefficient (Wildman–Crippen LogP) is 1.26. The Morgan fingerprint density at radius 2 is 2.33 bits per heavy atom. The van der Waals surface area contributed by atoms with Crippen LogP contribution < -0.4 is 11.3 Å². The molecule has 2 heterocycles. The number of nitrogens with one attached hydrogen (secondary N) is 1. The molecule has 6 nitrogen and oxygen atoms in total. The van der Waals surface area contributed by atoms with Crippen molar-refractivity contribution in [3.63, 3.8) is 0 Å². The van der Waals surface area contributed by atoms with Crippen LogP contribution in [0.3, 0.4) is 0 Å². The van der Waals surface area contributed by atoms with Crippen LogP contribution >= 0.6 is 11.5 Å². The minimum absolute atomic E-state index is 0.0782. The maximum absolute atomic E-state index is 5.67. The lowest BCUT2D eigenvalue weighted by Crippen LogP contribution is -2.28. The van der Waals surface area contributed by atoms with Crippen LogP contribution in [0.25, 0.3) is 0 Å².